The average Bonchev–Trinajstić information content (AvgIpc) is 2.66. The largest absolute Gasteiger partial charge is 0.289 e. The van der Waals surface area contributed by atoms with E-state index in [9.17, 15) is 10.1 Å². The Hall–Kier alpha value is -2.46. The number of hydrogen-bond acceptors (Lipinski definition) is 3. The van der Waals surface area contributed by atoms with Gasteiger partial charge in [-0.25, -0.2) is 5.06 Å². The van der Waals surface area contributed by atoms with E-state index in [0.717, 1.165) is 41.6 Å². The summed E-state index contributed by atoms with van der Waals surface area (Å²) < 4.78 is 1.15. The minimum atomic E-state index is -0.189. The van der Waals surface area contributed by atoms with Crippen molar-refractivity contribution < 1.29 is 9.97 Å². The van der Waals surface area contributed by atoms with Gasteiger partial charge in [-0.2, -0.15) is 0 Å². The van der Waals surface area contributed by atoms with E-state index in [1.807, 2.05) is 60.7 Å². The fourth-order valence-corrected chi connectivity index (χ4v) is 3.92. The molecule has 0 radical (unpaired) electrons. The molecule has 0 bridgehead atoms. The Morgan fingerprint density at radius 2 is 1.46 bits per heavy atom. The fourth-order valence-electron chi connectivity index (χ4n) is 3.92. The zero-order valence-electron chi connectivity index (χ0n) is 13.5. The van der Waals surface area contributed by atoms with Crippen LogP contribution in [0.15, 0.2) is 60.7 Å². The Kier molecular flexibility index (Phi) is 3.90. The van der Waals surface area contributed by atoms with Gasteiger partial charge in [0, 0.05) is 21.7 Å². The van der Waals surface area contributed by atoms with E-state index in [4.69, 9.17) is 0 Å². The second kappa shape index (κ2) is 6.21. The smallest absolute Gasteiger partial charge is 0.288 e. The third kappa shape index (κ3) is 2.43. The van der Waals surface area contributed by atoms with Gasteiger partial charge in [0.05, 0.1) is 5.56 Å². The standard InChI is InChI=1S/C20H21N2O2/c23-21-17-13-7-8-14-18(17)22(24)20(16-11-5-2-6-12-16)19(21)15-9-3-1-4-10-15/h1-6,9-12,17-18,23H,7-8,13-14H2/q+1/t17-,18+/m0/s1. The molecule has 2 atom stereocenters. The maximum Gasteiger partial charge on any atom is 0.289 e. The number of rotatable bonds is 2. The van der Waals surface area contributed by atoms with E-state index in [0.29, 0.717) is 11.4 Å². The van der Waals surface area contributed by atoms with Crippen molar-refractivity contribution in [2.45, 2.75) is 37.8 Å². The van der Waals surface area contributed by atoms with Crippen molar-refractivity contribution in [3.63, 3.8) is 0 Å². The van der Waals surface area contributed by atoms with Gasteiger partial charge < -0.3 is 0 Å². The van der Waals surface area contributed by atoms with Gasteiger partial charge in [-0.3, -0.25) is 5.21 Å². The second-order valence-electron chi connectivity index (χ2n) is 6.52. The molecule has 4 rings (SSSR count). The van der Waals surface area contributed by atoms with Crippen LogP contribution in [0.25, 0.3) is 11.4 Å². The molecule has 1 saturated carbocycles. The maximum atomic E-state index is 13.2. The summed E-state index contributed by atoms with van der Waals surface area (Å²) in [6.45, 7) is 0. The Labute approximate surface area is 141 Å². The molecular formula is C20H21N2O2+. The van der Waals surface area contributed by atoms with Gasteiger partial charge in [-0.1, -0.05) is 55.0 Å². The number of benzene rings is 2. The summed E-state index contributed by atoms with van der Waals surface area (Å²) in [5.74, 6) is 0. The first-order chi connectivity index (χ1) is 11.8. The molecule has 0 aromatic heterocycles. The number of hydroxylamine groups is 2. The summed E-state index contributed by atoms with van der Waals surface area (Å²) in [6.07, 6.45) is 3.76. The molecule has 0 spiro atoms. The Morgan fingerprint density at radius 1 is 0.875 bits per heavy atom. The van der Waals surface area contributed by atoms with Gasteiger partial charge in [0.15, 0.2) is 0 Å². The van der Waals surface area contributed by atoms with Crippen LogP contribution < -0.4 is 0 Å². The lowest BCUT2D eigenvalue weighted by Gasteiger charge is -2.37. The van der Waals surface area contributed by atoms with Crippen LogP contribution in [0.1, 0.15) is 36.8 Å². The van der Waals surface area contributed by atoms with E-state index in [2.05, 4.69) is 0 Å². The lowest BCUT2D eigenvalue weighted by molar-refractivity contribution is -0.521. The van der Waals surface area contributed by atoms with Crippen LogP contribution in [0.4, 0.5) is 0 Å². The number of hydrogen-bond donors (Lipinski definition) is 1. The molecule has 1 N–H and O–H groups in total. The fraction of sp³-hybridized carbons (Fsp3) is 0.300. The van der Waals surface area contributed by atoms with Crippen molar-refractivity contribution in [3.05, 3.63) is 76.7 Å². The highest BCUT2D eigenvalue weighted by molar-refractivity contribution is 5.86. The minimum Gasteiger partial charge on any atom is -0.288 e. The molecule has 1 heterocycles. The van der Waals surface area contributed by atoms with Crippen LogP contribution >= 0.6 is 0 Å². The summed E-state index contributed by atoms with van der Waals surface area (Å²) >= 11 is 0. The van der Waals surface area contributed by atoms with Gasteiger partial charge >= 0.3 is 0 Å². The Morgan fingerprint density at radius 3 is 2.12 bits per heavy atom. The monoisotopic (exact) mass is 321 g/mol. The summed E-state index contributed by atoms with van der Waals surface area (Å²) in [5, 5.41) is 12.3. The van der Waals surface area contributed by atoms with E-state index in [1.165, 1.54) is 5.06 Å². The maximum absolute atomic E-state index is 13.2. The molecule has 4 nitrogen and oxygen atoms in total. The summed E-state index contributed by atoms with van der Waals surface area (Å²) in [7, 11) is 0. The quantitative estimate of drug-likeness (QED) is 0.838. The topological polar surface area (TPSA) is 43.5 Å². The van der Waals surface area contributed by atoms with Crippen LogP contribution in [0, 0.1) is 4.91 Å². The molecule has 1 aliphatic heterocycles. The normalized spacial score (nSPS) is 24.0. The van der Waals surface area contributed by atoms with Gasteiger partial charge in [-0.05, 0) is 25.0 Å². The van der Waals surface area contributed by atoms with Crippen LogP contribution in [-0.4, -0.2) is 27.1 Å². The molecule has 4 heteroatoms. The SMILES string of the molecule is O=[N+]1C(c2ccccc2)=C(c2ccccc2)N(O)[C@H]2CCCC[C@H]21. The van der Waals surface area contributed by atoms with Crippen molar-refractivity contribution >= 4 is 11.4 Å². The van der Waals surface area contributed by atoms with Crippen molar-refractivity contribution in [2.24, 2.45) is 0 Å². The first-order valence-electron chi connectivity index (χ1n) is 8.57. The van der Waals surface area contributed by atoms with Crippen molar-refractivity contribution in [2.75, 3.05) is 0 Å². The molecule has 0 unspecified atom stereocenters. The molecule has 2 aromatic carbocycles. The molecule has 1 fully saturated rings. The molecule has 1 aliphatic carbocycles. The number of nitrogens with zero attached hydrogens (tertiary/aromatic N) is 2. The third-order valence-corrected chi connectivity index (χ3v) is 5.08. The molecule has 122 valence electrons. The summed E-state index contributed by atoms with van der Waals surface area (Å²) in [4.78, 5) is 13.2. The lowest BCUT2D eigenvalue weighted by atomic mass is 9.86. The Bertz CT molecular complexity index is 771. The summed E-state index contributed by atoms with van der Waals surface area (Å²) in [5.41, 5.74) is 2.88. The van der Waals surface area contributed by atoms with E-state index in [-0.39, 0.29) is 12.1 Å². The van der Waals surface area contributed by atoms with E-state index >= 15 is 0 Å². The highest BCUT2D eigenvalue weighted by Gasteiger charge is 2.50. The highest BCUT2D eigenvalue weighted by atomic mass is 16.5. The van der Waals surface area contributed by atoms with Crippen molar-refractivity contribution in [1.29, 1.82) is 0 Å². The number of nitroso groups, excluding NO2 is 1. The third-order valence-electron chi connectivity index (χ3n) is 5.08. The zero-order chi connectivity index (χ0) is 16.5. The summed E-state index contributed by atoms with van der Waals surface area (Å²) in [6, 6.07) is 19.0. The van der Waals surface area contributed by atoms with Gasteiger partial charge in [0.2, 0.25) is 6.04 Å². The van der Waals surface area contributed by atoms with E-state index in [1.54, 1.807) is 0 Å². The first kappa shape index (κ1) is 15.1. The molecular weight excluding hydrogens is 300 g/mol. The highest BCUT2D eigenvalue weighted by Crippen LogP contribution is 2.40. The van der Waals surface area contributed by atoms with Gasteiger partial charge in [0.25, 0.3) is 5.70 Å². The van der Waals surface area contributed by atoms with Gasteiger partial charge in [0.1, 0.15) is 11.7 Å². The van der Waals surface area contributed by atoms with Crippen LogP contribution in [0.5, 0.6) is 0 Å². The predicted molar refractivity (Wildman–Crippen MR) is 93.0 cm³/mol. The van der Waals surface area contributed by atoms with Crippen molar-refractivity contribution in [1.82, 2.24) is 5.06 Å². The van der Waals surface area contributed by atoms with E-state index < -0.39 is 0 Å². The van der Waals surface area contributed by atoms with Gasteiger partial charge in [-0.15, -0.1) is 0 Å². The molecule has 2 aliphatic rings. The minimum absolute atomic E-state index is 0.140. The molecule has 0 amide bonds. The molecule has 2 aromatic rings. The number of fused-ring (bicyclic) bond motifs is 1. The molecule has 24 heavy (non-hydrogen) atoms. The Balaban J connectivity index is 1.94. The average molecular weight is 321 g/mol. The van der Waals surface area contributed by atoms with Crippen LogP contribution in [0.3, 0.4) is 0 Å². The van der Waals surface area contributed by atoms with Crippen LogP contribution in [-0.2, 0) is 0 Å². The van der Waals surface area contributed by atoms with Crippen molar-refractivity contribution in [3.8, 4) is 0 Å². The zero-order valence-corrected chi connectivity index (χ0v) is 13.5. The van der Waals surface area contributed by atoms with Crippen LogP contribution in [0.2, 0.25) is 0 Å². The lowest BCUT2D eigenvalue weighted by Crippen LogP contribution is -2.51. The second-order valence-corrected chi connectivity index (χ2v) is 6.52. The molecule has 0 saturated heterocycles. The first-order valence-corrected chi connectivity index (χ1v) is 8.57. The predicted octanol–water partition coefficient (Wildman–Crippen LogP) is 4.31.